The molecule has 0 aromatic carbocycles. The minimum absolute atomic E-state index is 0.116. The van der Waals surface area contributed by atoms with E-state index in [1.54, 1.807) is 18.3 Å². The van der Waals surface area contributed by atoms with Gasteiger partial charge in [0.1, 0.15) is 0 Å². The first-order valence-corrected chi connectivity index (χ1v) is 9.17. The van der Waals surface area contributed by atoms with Crippen molar-refractivity contribution in [2.75, 3.05) is 39.3 Å². The average Bonchev–Trinajstić information content (AvgIpc) is 3.06. The topological polar surface area (TPSA) is 43.9 Å². The van der Waals surface area contributed by atoms with Crippen molar-refractivity contribution in [1.29, 1.82) is 0 Å². The van der Waals surface area contributed by atoms with Crippen LogP contribution in [0.5, 0.6) is 0 Å². The molecule has 1 unspecified atom stereocenters. The summed E-state index contributed by atoms with van der Waals surface area (Å²) < 4.78 is 0. The van der Waals surface area contributed by atoms with Gasteiger partial charge in [-0.3, -0.25) is 14.5 Å². The smallest absolute Gasteiger partial charge is 0.223 e. The maximum Gasteiger partial charge on any atom is 0.223 e. The lowest BCUT2D eigenvalue weighted by Gasteiger charge is -2.33. The number of hydrogen-bond acceptors (Lipinski definition) is 4. The first kappa shape index (κ1) is 16.5. The van der Waals surface area contributed by atoms with Crippen LogP contribution in [0.4, 0.5) is 0 Å². The fourth-order valence-corrected chi connectivity index (χ4v) is 4.60. The number of amides is 2. The molecule has 2 saturated heterocycles. The van der Waals surface area contributed by atoms with Crippen molar-refractivity contribution in [3.05, 3.63) is 22.4 Å². The highest BCUT2D eigenvalue weighted by Crippen LogP contribution is 2.35. The molecule has 2 aliphatic rings. The molecule has 0 aliphatic carbocycles. The number of hydrogen-bond donors (Lipinski definition) is 0. The zero-order valence-corrected chi connectivity index (χ0v) is 14.8. The van der Waals surface area contributed by atoms with Crippen molar-refractivity contribution in [3.63, 3.8) is 0 Å². The van der Waals surface area contributed by atoms with Crippen molar-refractivity contribution in [2.24, 2.45) is 5.41 Å². The molecular weight excluding hydrogens is 310 g/mol. The molecular formula is C17H25N3O2S. The number of rotatable bonds is 3. The Kier molecular flexibility index (Phi) is 4.73. The molecule has 3 heterocycles. The molecule has 1 atom stereocenters. The van der Waals surface area contributed by atoms with Crippen LogP contribution in [0.1, 0.15) is 25.1 Å². The quantitative estimate of drug-likeness (QED) is 0.844. The second kappa shape index (κ2) is 6.61. The van der Waals surface area contributed by atoms with Crippen LogP contribution in [0.25, 0.3) is 0 Å². The van der Waals surface area contributed by atoms with Crippen LogP contribution >= 0.6 is 11.3 Å². The maximum absolute atomic E-state index is 12.3. The van der Waals surface area contributed by atoms with Gasteiger partial charge in [-0.05, 0) is 18.4 Å². The van der Waals surface area contributed by atoms with Crippen LogP contribution in [-0.2, 0) is 16.1 Å². The number of thiophene rings is 1. The molecule has 0 saturated carbocycles. The van der Waals surface area contributed by atoms with Crippen LogP contribution in [0.3, 0.4) is 0 Å². The van der Waals surface area contributed by atoms with Gasteiger partial charge in [-0.1, -0.05) is 6.07 Å². The minimum Gasteiger partial charge on any atom is -0.342 e. The molecule has 1 aromatic rings. The number of nitrogens with zero attached hydrogens (tertiary/aromatic N) is 3. The van der Waals surface area contributed by atoms with E-state index in [9.17, 15) is 9.59 Å². The van der Waals surface area contributed by atoms with E-state index < -0.39 is 0 Å². The predicted octanol–water partition coefficient (Wildman–Crippen LogP) is 1.65. The summed E-state index contributed by atoms with van der Waals surface area (Å²) >= 11 is 1.77. The lowest BCUT2D eigenvalue weighted by molar-refractivity contribution is -0.130. The molecule has 2 fully saturated rings. The first-order valence-electron chi connectivity index (χ1n) is 8.29. The Balaban J connectivity index is 1.80. The van der Waals surface area contributed by atoms with E-state index in [1.807, 2.05) is 16.7 Å². The normalized spacial score (nSPS) is 26.1. The molecule has 0 radical (unpaired) electrons. The third-order valence-corrected chi connectivity index (χ3v) is 5.82. The Morgan fingerprint density at radius 1 is 1.30 bits per heavy atom. The van der Waals surface area contributed by atoms with E-state index in [4.69, 9.17) is 0 Å². The van der Waals surface area contributed by atoms with Gasteiger partial charge in [-0.25, -0.2) is 0 Å². The van der Waals surface area contributed by atoms with Crippen LogP contribution in [0, 0.1) is 5.41 Å². The molecule has 5 nitrogen and oxygen atoms in total. The SMILES string of the molecule is CCN1CC2(CC1=O)CN(Cc1cccs1)CCN(C(C)=O)C2. The summed E-state index contributed by atoms with van der Waals surface area (Å²) in [7, 11) is 0. The third-order valence-electron chi connectivity index (χ3n) is 4.96. The molecule has 23 heavy (non-hydrogen) atoms. The highest BCUT2D eigenvalue weighted by atomic mass is 32.1. The van der Waals surface area contributed by atoms with Crippen LogP contribution in [0.15, 0.2) is 17.5 Å². The molecule has 0 bridgehead atoms. The van der Waals surface area contributed by atoms with E-state index in [2.05, 4.69) is 22.4 Å². The van der Waals surface area contributed by atoms with Crippen molar-refractivity contribution in [1.82, 2.24) is 14.7 Å². The number of carbonyl (C=O) groups excluding carboxylic acids is 2. The molecule has 0 N–H and O–H groups in total. The highest BCUT2D eigenvalue weighted by Gasteiger charge is 2.46. The largest absolute Gasteiger partial charge is 0.342 e. The van der Waals surface area contributed by atoms with E-state index in [-0.39, 0.29) is 17.2 Å². The van der Waals surface area contributed by atoms with Crippen LogP contribution in [0.2, 0.25) is 0 Å². The molecule has 2 aliphatic heterocycles. The van der Waals surface area contributed by atoms with Crippen molar-refractivity contribution < 1.29 is 9.59 Å². The Morgan fingerprint density at radius 3 is 2.74 bits per heavy atom. The standard InChI is InChI=1S/C17H25N3O2S/c1-3-19-12-17(9-16(19)22)11-18(10-15-5-4-8-23-15)6-7-20(13-17)14(2)21/h4-5,8H,3,6-7,9-13H2,1-2H3. The zero-order valence-electron chi connectivity index (χ0n) is 14.0. The van der Waals surface area contributed by atoms with Gasteiger partial charge in [0.2, 0.25) is 11.8 Å². The summed E-state index contributed by atoms with van der Waals surface area (Å²) in [6, 6.07) is 4.23. The van der Waals surface area contributed by atoms with Gasteiger partial charge in [0.25, 0.3) is 0 Å². The number of likely N-dealkylation sites (tertiary alicyclic amines) is 1. The Bertz CT molecular complexity index is 574. The summed E-state index contributed by atoms with van der Waals surface area (Å²) in [5.74, 6) is 0.346. The first-order chi connectivity index (χ1) is 11.0. The highest BCUT2D eigenvalue weighted by molar-refractivity contribution is 7.09. The average molecular weight is 335 g/mol. The van der Waals surface area contributed by atoms with Gasteiger partial charge in [-0.15, -0.1) is 11.3 Å². The van der Waals surface area contributed by atoms with Crippen molar-refractivity contribution in [3.8, 4) is 0 Å². The summed E-state index contributed by atoms with van der Waals surface area (Å²) in [4.78, 5) is 31.9. The van der Waals surface area contributed by atoms with Gasteiger partial charge in [0.05, 0.1) is 0 Å². The van der Waals surface area contributed by atoms with E-state index >= 15 is 0 Å². The summed E-state index contributed by atoms with van der Waals surface area (Å²) in [5.41, 5.74) is -0.119. The maximum atomic E-state index is 12.3. The molecule has 1 spiro atoms. The van der Waals surface area contributed by atoms with Gasteiger partial charge in [0.15, 0.2) is 0 Å². The molecule has 126 valence electrons. The Labute approximate surface area is 141 Å². The third kappa shape index (κ3) is 3.58. The van der Waals surface area contributed by atoms with E-state index in [0.29, 0.717) is 13.0 Å². The summed E-state index contributed by atoms with van der Waals surface area (Å²) in [6.45, 7) is 9.31. The fourth-order valence-electron chi connectivity index (χ4n) is 3.86. The Hall–Kier alpha value is -1.40. The minimum atomic E-state index is -0.119. The van der Waals surface area contributed by atoms with E-state index in [0.717, 1.165) is 39.3 Å². The van der Waals surface area contributed by atoms with Crippen LogP contribution < -0.4 is 0 Å². The molecule has 3 rings (SSSR count). The number of carbonyl (C=O) groups is 2. The molecule has 6 heteroatoms. The van der Waals surface area contributed by atoms with Gasteiger partial charge in [-0.2, -0.15) is 0 Å². The molecule has 2 amide bonds. The summed E-state index contributed by atoms with van der Waals surface area (Å²) in [6.07, 6.45) is 0.561. The van der Waals surface area contributed by atoms with E-state index in [1.165, 1.54) is 4.88 Å². The second-order valence-corrected chi connectivity index (χ2v) is 7.85. The predicted molar refractivity (Wildman–Crippen MR) is 91.2 cm³/mol. The van der Waals surface area contributed by atoms with Crippen molar-refractivity contribution in [2.45, 2.75) is 26.8 Å². The van der Waals surface area contributed by atoms with Gasteiger partial charge in [0, 0.05) is 69.4 Å². The monoisotopic (exact) mass is 335 g/mol. The zero-order chi connectivity index (χ0) is 16.4. The second-order valence-electron chi connectivity index (χ2n) is 6.82. The lowest BCUT2D eigenvalue weighted by Crippen LogP contribution is -2.43. The molecule has 1 aromatic heterocycles. The van der Waals surface area contributed by atoms with Gasteiger partial charge >= 0.3 is 0 Å². The van der Waals surface area contributed by atoms with Crippen LogP contribution in [-0.4, -0.2) is 65.8 Å². The summed E-state index contributed by atoms with van der Waals surface area (Å²) in [5, 5.41) is 2.10. The van der Waals surface area contributed by atoms with Gasteiger partial charge < -0.3 is 9.80 Å². The van der Waals surface area contributed by atoms with Crippen molar-refractivity contribution >= 4 is 23.2 Å². The fraction of sp³-hybridized carbons (Fsp3) is 0.647. The Morgan fingerprint density at radius 2 is 2.13 bits per heavy atom. The lowest BCUT2D eigenvalue weighted by atomic mass is 9.86.